The molecule has 6 heteroatoms. The lowest BCUT2D eigenvalue weighted by Crippen LogP contribution is -2.38. The first-order valence-electron chi connectivity index (χ1n) is 9.32. The second-order valence-corrected chi connectivity index (χ2v) is 7.33. The summed E-state index contributed by atoms with van der Waals surface area (Å²) >= 11 is 6.09. The van der Waals surface area contributed by atoms with Crippen molar-refractivity contribution < 1.29 is 4.74 Å². The molecular weight excluding hydrogens is 360 g/mol. The molecule has 0 radical (unpaired) electrons. The summed E-state index contributed by atoms with van der Waals surface area (Å²) in [4.78, 5) is 7.35. The molecule has 3 heterocycles. The van der Waals surface area contributed by atoms with Gasteiger partial charge < -0.3 is 9.30 Å². The summed E-state index contributed by atoms with van der Waals surface area (Å²) in [5, 5.41) is 0.750. The number of aromatic nitrogens is 3. The molecule has 5 nitrogen and oxygen atoms in total. The molecule has 1 saturated heterocycles. The molecule has 0 amide bonds. The van der Waals surface area contributed by atoms with Gasteiger partial charge in [-0.05, 0) is 29.8 Å². The Morgan fingerprint density at radius 3 is 2.56 bits per heavy atom. The van der Waals surface area contributed by atoms with E-state index in [1.165, 1.54) is 0 Å². The van der Waals surface area contributed by atoms with E-state index in [1.807, 2.05) is 18.2 Å². The van der Waals surface area contributed by atoms with E-state index >= 15 is 0 Å². The van der Waals surface area contributed by atoms with Gasteiger partial charge in [0.25, 0.3) is 0 Å². The van der Waals surface area contributed by atoms with Crippen molar-refractivity contribution in [1.29, 1.82) is 0 Å². The van der Waals surface area contributed by atoms with Crippen LogP contribution in [0.4, 0.5) is 0 Å². The van der Waals surface area contributed by atoms with Gasteiger partial charge in [-0.2, -0.15) is 0 Å². The number of ether oxygens (including phenoxy) is 1. The Hall–Kier alpha value is -2.34. The molecule has 0 N–H and O–H groups in total. The monoisotopic (exact) mass is 380 g/mol. The van der Waals surface area contributed by atoms with Crippen LogP contribution in [0.1, 0.15) is 0 Å². The standard InChI is InChI=1S/C21H21ClN4O/c22-17-7-5-16(6-8-17)20-15-26-19-4-2-1-3-18(19)23-21(26)25(20)10-9-24-11-13-27-14-12-24/h1-8,15H,9-14H2. The van der Waals surface area contributed by atoms with Gasteiger partial charge in [-0.25, -0.2) is 4.98 Å². The highest BCUT2D eigenvalue weighted by Gasteiger charge is 2.17. The average Bonchev–Trinajstić information content (AvgIpc) is 3.24. The maximum absolute atomic E-state index is 6.09. The highest BCUT2D eigenvalue weighted by molar-refractivity contribution is 6.30. The molecule has 0 unspecified atom stereocenters. The molecular formula is C21H21ClN4O. The summed E-state index contributed by atoms with van der Waals surface area (Å²) in [7, 11) is 0. The zero-order valence-corrected chi connectivity index (χ0v) is 15.8. The van der Waals surface area contributed by atoms with Gasteiger partial charge in [0.1, 0.15) is 0 Å². The van der Waals surface area contributed by atoms with Crippen molar-refractivity contribution in [2.24, 2.45) is 0 Å². The molecule has 2 aromatic carbocycles. The van der Waals surface area contributed by atoms with Crippen LogP contribution >= 0.6 is 11.6 Å². The fraction of sp³-hybridized carbons (Fsp3) is 0.286. The number of fused-ring (bicyclic) bond motifs is 3. The Morgan fingerprint density at radius 2 is 1.74 bits per heavy atom. The third-order valence-corrected chi connectivity index (χ3v) is 5.50. The Kier molecular flexibility index (Phi) is 4.36. The van der Waals surface area contributed by atoms with E-state index in [-0.39, 0.29) is 0 Å². The van der Waals surface area contributed by atoms with Gasteiger partial charge in [-0.1, -0.05) is 35.9 Å². The zero-order valence-electron chi connectivity index (χ0n) is 15.0. The largest absolute Gasteiger partial charge is 0.379 e. The summed E-state index contributed by atoms with van der Waals surface area (Å²) in [5.41, 5.74) is 4.47. The van der Waals surface area contributed by atoms with Gasteiger partial charge in [-0.15, -0.1) is 0 Å². The lowest BCUT2D eigenvalue weighted by molar-refractivity contribution is 0.0365. The molecule has 0 atom stereocenters. The summed E-state index contributed by atoms with van der Waals surface area (Å²) in [5.74, 6) is 0.981. The summed E-state index contributed by atoms with van der Waals surface area (Å²) < 4.78 is 9.98. The van der Waals surface area contributed by atoms with E-state index in [2.05, 4.69) is 50.4 Å². The first-order chi connectivity index (χ1) is 13.3. The highest BCUT2D eigenvalue weighted by atomic mass is 35.5. The molecule has 1 aliphatic rings. The normalized spacial score (nSPS) is 15.7. The van der Waals surface area contributed by atoms with Crippen LogP contribution in [0, 0.1) is 0 Å². The summed E-state index contributed by atoms with van der Waals surface area (Å²) in [6, 6.07) is 16.3. The molecule has 4 aromatic rings. The predicted molar refractivity (Wildman–Crippen MR) is 108 cm³/mol. The minimum atomic E-state index is 0.750. The first-order valence-corrected chi connectivity index (χ1v) is 9.70. The number of imidazole rings is 2. The molecule has 27 heavy (non-hydrogen) atoms. The Morgan fingerprint density at radius 1 is 0.963 bits per heavy atom. The van der Waals surface area contributed by atoms with E-state index in [0.717, 1.165) is 72.5 Å². The van der Waals surface area contributed by atoms with E-state index in [9.17, 15) is 0 Å². The van der Waals surface area contributed by atoms with Crippen molar-refractivity contribution in [1.82, 2.24) is 18.9 Å². The quantitative estimate of drug-likeness (QED) is 0.538. The molecule has 1 fully saturated rings. The van der Waals surface area contributed by atoms with Gasteiger partial charge in [-0.3, -0.25) is 9.30 Å². The van der Waals surface area contributed by atoms with Crippen molar-refractivity contribution in [3.05, 3.63) is 59.8 Å². The number of rotatable bonds is 4. The number of benzene rings is 2. The van der Waals surface area contributed by atoms with E-state index in [4.69, 9.17) is 21.3 Å². The third kappa shape index (κ3) is 3.12. The SMILES string of the molecule is Clc1ccc(-c2cn3c4ccccc4nc3n2CCN2CCOCC2)cc1. The van der Waals surface area contributed by atoms with Crippen molar-refractivity contribution in [2.45, 2.75) is 6.54 Å². The summed E-state index contributed by atoms with van der Waals surface area (Å²) in [6.45, 7) is 5.49. The van der Waals surface area contributed by atoms with Crippen molar-refractivity contribution >= 4 is 28.4 Å². The second kappa shape index (κ2) is 7.00. The average molecular weight is 381 g/mol. The van der Waals surface area contributed by atoms with Crippen molar-refractivity contribution in [2.75, 3.05) is 32.8 Å². The lowest BCUT2D eigenvalue weighted by Gasteiger charge is -2.26. The van der Waals surface area contributed by atoms with E-state index < -0.39 is 0 Å². The van der Waals surface area contributed by atoms with E-state index in [0.29, 0.717) is 0 Å². The van der Waals surface area contributed by atoms with Crippen molar-refractivity contribution in [3.8, 4) is 11.3 Å². The number of halogens is 1. The van der Waals surface area contributed by atoms with Crippen LogP contribution in [0.3, 0.4) is 0 Å². The molecule has 0 bridgehead atoms. The number of nitrogens with zero attached hydrogens (tertiary/aromatic N) is 4. The van der Waals surface area contributed by atoms with Gasteiger partial charge in [0.2, 0.25) is 5.78 Å². The van der Waals surface area contributed by atoms with Gasteiger partial charge >= 0.3 is 0 Å². The summed E-state index contributed by atoms with van der Waals surface area (Å²) in [6.07, 6.45) is 2.19. The molecule has 0 spiro atoms. The minimum absolute atomic E-state index is 0.750. The molecule has 1 aliphatic heterocycles. The lowest BCUT2D eigenvalue weighted by atomic mass is 10.1. The number of morpholine rings is 1. The topological polar surface area (TPSA) is 34.7 Å². The van der Waals surface area contributed by atoms with Crippen LogP contribution < -0.4 is 0 Å². The van der Waals surface area contributed by atoms with Crippen LogP contribution in [0.2, 0.25) is 5.02 Å². The first kappa shape index (κ1) is 16.8. The Labute approximate surface area is 162 Å². The maximum Gasteiger partial charge on any atom is 0.215 e. The van der Waals surface area contributed by atoms with Gasteiger partial charge in [0.15, 0.2) is 0 Å². The van der Waals surface area contributed by atoms with Crippen molar-refractivity contribution in [3.63, 3.8) is 0 Å². The molecule has 0 saturated carbocycles. The molecule has 5 rings (SSSR count). The van der Waals surface area contributed by atoms with Crippen LogP contribution in [-0.2, 0) is 11.3 Å². The van der Waals surface area contributed by atoms with Crippen LogP contribution in [0.15, 0.2) is 54.7 Å². The van der Waals surface area contributed by atoms with Crippen LogP contribution in [0.25, 0.3) is 28.1 Å². The third-order valence-electron chi connectivity index (χ3n) is 5.24. The predicted octanol–water partition coefficient (Wildman–Crippen LogP) is 3.94. The fourth-order valence-electron chi connectivity index (χ4n) is 3.79. The Bertz CT molecular complexity index is 1080. The Balaban J connectivity index is 1.59. The number of hydrogen-bond donors (Lipinski definition) is 0. The highest BCUT2D eigenvalue weighted by Crippen LogP contribution is 2.27. The number of para-hydroxylation sites is 2. The maximum atomic E-state index is 6.09. The van der Waals surface area contributed by atoms with Crippen LogP contribution in [-0.4, -0.2) is 51.7 Å². The van der Waals surface area contributed by atoms with Gasteiger partial charge in [0.05, 0.1) is 29.9 Å². The molecule has 138 valence electrons. The number of hydrogen-bond acceptors (Lipinski definition) is 3. The van der Waals surface area contributed by atoms with Gasteiger partial charge in [0, 0.05) is 37.4 Å². The fourth-order valence-corrected chi connectivity index (χ4v) is 3.91. The smallest absolute Gasteiger partial charge is 0.215 e. The van der Waals surface area contributed by atoms with Crippen LogP contribution in [0.5, 0.6) is 0 Å². The molecule has 2 aromatic heterocycles. The zero-order chi connectivity index (χ0) is 18.2. The second-order valence-electron chi connectivity index (χ2n) is 6.90. The van der Waals surface area contributed by atoms with E-state index in [1.54, 1.807) is 0 Å². The molecule has 0 aliphatic carbocycles. The minimum Gasteiger partial charge on any atom is -0.379 e.